The summed E-state index contributed by atoms with van der Waals surface area (Å²) in [7, 11) is 1.54. The third kappa shape index (κ3) is 5.47. The van der Waals surface area contributed by atoms with Crippen molar-refractivity contribution < 1.29 is 23.2 Å². The summed E-state index contributed by atoms with van der Waals surface area (Å²) in [6.07, 6.45) is 6.05. The molecule has 0 bridgehead atoms. The van der Waals surface area contributed by atoms with E-state index in [2.05, 4.69) is 27.0 Å². The Morgan fingerprint density at radius 1 is 1.21 bits per heavy atom. The van der Waals surface area contributed by atoms with E-state index in [9.17, 15) is 9.18 Å². The Labute approximate surface area is 224 Å². The Balaban J connectivity index is 1.33. The number of aliphatic hydroxyl groups is 1. The zero-order valence-corrected chi connectivity index (χ0v) is 22.0. The number of nitrogens with zero attached hydrogens (tertiary/aromatic N) is 7. The van der Waals surface area contributed by atoms with Gasteiger partial charge in [-0.1, -0.05) is 18.1 Å². The van der Waals surface area contributed by atoms with E-state index in [4.69, 9.17) is 9.63 Å². The fourth-order valence-electron chi connectivity index (χ4n) is 5.02. The fraction of sp³-hybridized carbons (Fsp3) is 0.444. The van der Waals surface area contributed by atoms with Gasteiger partial charge in [0.1, 0.15) is 17.8 Å². The Morgan fingerprint density at radius 2 is 2.00 bits per heavy atom. The smallest absolute Gasteiger partial charge is 0.324 e. The van der Waals surface area contributed by atoms with Gasteiger partial charge in [0.05, 0.1) is 17.7 Å². The van der Waals surface area contributed by atoms with Gasteiger partial charge in [-0.3, -0.25) is 4.79 Å². The standard InChI is InChI=1S/C27H31F2N7O3/c1-3-4-23-32-27(39-33-23)35-9-7-19(8-10-35)36-15-21(29)24-22(30-16-31-25(24)36)14-17-5-6-18(13-20(17)28)26(38)34(2)11-12-37/h5-6,13,15-16,19,37H,3-4,7-12,14H2,1-2H3. The largest absolute Gasteiger partial charge is 0.395 e. The summed E-state index contributed by atoms with van der Waals surface area (Å²) in [4.78, 5) is 28.9. The van der Waals surface area contributed by atoms with Crippen molar-refractivity contribution in [2.45, 2.75) is 45.1 Å². The van der Waals surface area contributed by atoms with Crippen LogP contribution in [0.5, 0.6) is 0 Å². The highest BCUT2D eigenvalue weighted by Gasteiger charge is 2.27. The number of benzene rings is 1. The summed E-state index contributed by atoms with van der Waals surface area (Å²) in [6, 6.07) is 4.73. The van der Waals surface area contributed by atoms with Crippen LogP contribution in [0.25, 0.3) is 11.0 Å². The molecule has 10 nitrogen and oxygen atoms in total. The second kappa shape index (κ2) is 11.4. The lowest BCUT2D eigenvalue weighted by Gasteiger charge is -2.31. The molecule has 0 saturated carbocycles. The number of carbonyl (C=O) groups excluding carboxylic acids is 1. The molecule has 5 rings (SSSR count). The minimum absolute atomic E-state index is 0.0203. The number of piperidine rings is 1. The molecule has 1 fully saturated rings. The van der Waals surface area contributed by atoms with Crippen molar-refractivity contribution >= 4 is 23.0 Å². The Kier molecular flexibility index (Phi) is 7.82. The number of halogens is 2. The lowest BCUT2D eigenvalue weighted by Crippen LogP contribution is -2.34. The third-order valence-electron chi connectivity index (χ3n) is 7.14. The quantitative estimate of drug-likeness (QED) is 0.344. The predicted molar refractivity (Wildman–Crippen MR) is 140 cm³/mol. The molecule has 1 aromatic carbocycles. The van der Waals surface area contributed by atoms with Gasteiger partial charge in [-0.2, -0.15) is 4.98 Å². The molecule has 1 N–H and O–H groups in total. The molecule has 3 aromatic heterocycles. The number of rotatable bonds is 9. The number of carbonyl (C=O) groups is 1. The van der Waals surface area contributed by atoms with Gasteiger partial charge in [-0.15, -0.1) is 0 Å². The van der Waals surface area contributed by atoms with Crippen molar-refractivity contribution in [1.82, 2.24) is 29.6 Å². The Bertz CT molecular complexity index is 1460. The van der Waals surface area contributed by atoms with Crippen molar-refractivity contribution in [1.29, 1.82) is 0 Å². The van der Waals surface area contributed by atoms with Gasteiger partial charge in [0.25, 0.3) is 5.91 Å². The summed E-state index contributed by atoms with van der Waals surface area (Å²) in [5.41, 5.74) is 1.31. The van der Waals surface area contributed by atoms with Crippen molar-refractivity contribution in [2.24, 2.45) is 0 Å². The lowest BCUT2D eigenvalue weighted by atomic mass is 10.0. The summed E-state index contributed by atoms with van der Waals surface area (Å²) in [6.45, 7) is 3.39. The number of aryl methyl sites for hydroxylation is 1. The second-order valence-electron chi connectivity index (χ2n) is 9.80. The highest BCUT2D eigenvalue weighted by molar-refractivity contribution is 5.94. The molecule has 1 aliphatic heterocycles. The normalized spacial score (nSPS) is 14.3. The molecular weight excluding hydrogens is 508 g/mol. The van der Waals surface area contributed by atoms with Crippen LogP contribution in [-0.2, 0) is 12.8 Å². The van der Waals surface area contributed by atoms with Crippen LogP contribution in [0.3, 0.4) is 0 Å². The maximum absolute atomic E-state index is 15.3. The van der Waals surface area contributed by atoms with Crippen LogP contribution in [-0.4, -0.2) is 73.9 Å². The molecule has 1 amide bonds. The molecule has 1 saturated heterocycles. The topological polar surface area (TPSA) is 113 Å². The highest BCUT2D eigenvalue weighted by atomic mass is 19.1. The van der Waals surface area contributed by atoms with E-state index in [0.29, 0.717) is 41.8 Å². The number of amides is 1. The molecule has 1 aliphatic rings. The number of aromatic nitrogens is 5. The lowest BCUT2D eigenvalue weighted by molar-refractivity contribution is 0.0766. The average Bonchev–Trinajstić information content (AvgIpc) is 3.55. The number of fused-ring (bicyclic) bond motifs is 1. The summed E-state index contributed by atoms with van der Waals surface area (Å²) >= 11 is 0. The summed E-state index contributed by atoms with van der Waals surface area (Å²) in [5, 5.41) is 13.3. The maximum atomic E-state index is 15.3. The first kappa shape index (κ1) is 26.7. The number of hydrogen-bond donors (Lipinski definition) is 1. The van der Waals surface area contributed by atoms with Crippen molar-refractivity contribution in [3.8, 4) is 0 Å². The van der Waals surface area contributed by atoms with Gasteiger partial charge >= 0.3 is 6.01 Å². The molecule has 0 unspecified atom stereocenters. The van der Waals surface area contributed by atoms with Gasteiger partial charge in [0.2, 0.25) is 0 Å². The minimum Gasteiger partial charge on any atom is -0.395 e. The molecule has 4 heterocycles. The van der Waals surface area contributed by atoms with E-state index in [1.54, 1.807) is 0 Å². The molecule has 39 heavy (non-hydrogen) atoms. The predicted octanol–water partition coefficient (Wildman–Crippen LogP) is 3.54. The van der Waals surface area contributed by atoms with Gasteiger partial charge in [-0.25, -0.2) is 18.7 Å². The van der Waals surface area contributed by atoms with Crippen molar-refractivity contribution in [2.75, 3.05) is 38.2 Å². The second-order valence-corrected chi connectivity index (χ2v) is 9.80. The molecule has 0 atom stereocenters. The van der Waals surface area contributed by atoms with Crippen molar-refractivity contribution in [3.05, 3.63) is 65.0 Å². The van der Waals surface area contributed by atoms with E-state index in [1.165, 1.54) is 36.6 Å². The average molecular weight is 540 g/mol. The Morgan fingerprint density at radius 3 is 2.72 bits per heavy atom. The van der Waals surface area contributed by atoms with E-state index in [1.807, 2.05) is 9.47 Å². The van der Waals surface area contributed by atoms with E-state index < -0.39 is 17.5 Å². The van der Waals surface area contributed by atoms with Crippen LogP contribution >= 0.6 is 0 Å². The number of likely N-dealkylation sites (N-methyl/N-ethyl adjacent to an activating group) is 1. The first-order valence-corrected chi connectivity index (χ1v) is 13.1. The van der Waals surface area contributed by atoms with E-state index >= 15 is 4.39 Å². The summed E-state index contributed by atoms with van der Waals surface area (Å²) in [5.74, 6) is -0.736. The zero-order chi connectivity index (χ0) is 27.5. The van der Waals surface area contributed by atoms with E-state index in [-0.39, 0.29) is 36.6 Å². The molecular formula is C27H31F2N7O3. The molecule has 4 aromatic rings. The van der Waals surface area contributed by atoms with Crippen LogP contribution in [0.4, 0.5) is 14.8 Å². The number of hydrogen-bond acceptors (Lipinski definition) is 8. The minimum atomic E-state index is -0.583. The van der Waals surface area contributed by atoms with Crippen LogP contribution in [0.2, 0.25) is 0 Å². The van der Waals surface area contributed by atoms with E-state index in [0.717, 1.165) is 31.7 Å². The molecule has 12 heteroatoms. The van der Waals surface area contributed by atoms with Crippen LogP contribution in [0.15, 0.2) is 35.2 Å². The SMILES string of the molecule is CCCc1noc(N2CCC(n3cc(F)c4c(Cc5ccc(C(=O)N(C)CCO)cc5F)ncnc43)CC2)n1. The number of aliphatic hydroxyl groups excluding tert-OH is 1. The molecule has 0 spiro atoms. The summed E-state index contributed by atoms with van der Waals surface area (Å²) < 4.78 is 37.5. The van der Waals surface area contributed by atoms with Crippen molar-refractivity contribution in [3.63, 3.8) is 0 Å². The molecule has 0 radical (unpaired) electrons. The molecule has 0 aliphatic carbocycles. The van der Waals surface area contributed by atoms with Gasteiger partial charge in [0, 0.05) is 57.3 Å². The Hall–Kier alpha value is -3.93. The number of anilines is 1. The van der Waals surface area contributed by atoms with Crippen LogP contribution < -0.4 is 4.90 Å². The first-order chi connectivity index (χ1) is 18.9. The van der Waals surface area contributed by atoms with Gasteiger partial charge in [0.15, 0.2) is 11.6 Å². The van der Waals surface area contributed by atoms with Crippen LogP contribution in [0, 0.1) is 11.6 Å². The molecule has 206 valence electrons. The maximum Gasteiger partial charge on any atom is 0.324 e. The fourth-order valence-corrected chi connectivity index (χ4v) is 5.02. The zero-order valence-electron chi connectivity index (χ0n) is 22.0. The van der Waals surface area contributed by atoms with Crippen LogP contribution in [0.1, 0.15) is 59.7 Å². The van der Waals surface area contributed by atoms with Gasteiger partial charge in [-0.05, 0) is 37.0 Å². The van der Waals surface area contributed by atoms with Gasteiger partial charge < -0.3 is 24.0 Å². The highest BCUT2D eigenvalue weighted by Crippen LogP contribution is 2.32. The third-order valence-corrected chi connectivity index (χ3v) is 7.14. The monoisotopic (exact) mass is 539 g/mol. The first-order valence-electron chi connectivity index (χ1n) is 13.1.